The predicted octanol–water partition coefficient (Wildman–Crippen LogP) is 1.10. The van der Waals surface area contributed by atoms with E-state index in [0.29, 0.717) is 17.1 Å². The van der Waals surface area contributed by atoms with Crippen LogP contribution in [0.15, 0.2) is 18.2 Å². The number of carbonyl (C=O) groups excluding carboxylic acids is 3. The lowest BCUT2D eigenvalue weighted by molar-refractivity contribution is -0.160. The zero-order valence-electron chi connectivity index (χ0n) is 15.7. The summed E-state index contributed by atoms with van der Waals surface area (Å²) in [7, 11) is 2.94. The first-order valence-corrected chi connectivity index (χ1v) is 8.86. The van der Waals surface area contributed by atoms with Crippen LogP contribution in [0.25, 0.3) is 0 Å². The van der Waals surface area contributed by atoms with Gasteiger partial charge in [-0.05, 0) is 38.0 Å². The molecule has 0 aromatic heterocycles. The molecule has 1 aromatic carbocycles. The van der Waals surface area contributed by atoms with Gasteiger partial charge < -0.3 is 24.0 Å². The molecule has 0 bridgehead atoms. The van der Waals surface area contributed by atoms with Gasteiger partial charge in [0.15, 0.2) is 11.5 Å². The number of likely N-dealkylation sites (N-methyl/N-ethyl adjacent to an activating group) is 1. The summed E-state index contributed by atoms with van der Waals surface area (Å²) in [5.74, 6) is 0.375. The molecule has 0 saturated carbocycles. The normalized spacial score (nSPS) is 31.9. The molecular formula is C19H22N2O6. The van der Waals surface area contributed by atoms with Gasteiger partial charge in [0.05, 0.1) is 18.6 Å². The van der Waals surface area contributed by atoms with Gasteiger partial charge in [0.1, 0.15) is 12.1 Å². The third-order valence-electron chi connectivity index (χ3n) is 6.02. The molecule has 2 fully saturated rings. The lowest BCUT2D eigenvalue weighted by atomic mass is 9.78. The molecule has 2 amide bonds. The number of benzene rings is 1. The Balaban J connectivity index is 1.85. The van der Waals surface area contributed by atoms with Crippen LogP contribution >= 0.6 is 0 Å². The molecule has 4 rings (SSSR count). The van der Waals surface area contributed by atoms with E-state index in [1.165, 1.54) is 12.0 Å². The topological polar surface area (TPSA) is 85.4 Å². The lowest BCUT2D eigenvalue weighted by Gasteiger charge is -2.42. The van der Waals surface area contributed by atoms with Gasteiger partial charge in [-0.3, -0.25) is 14.4 Å². The van der Waals surface area contributed by atoms with Crippen molar-refractivity contribution in [2.24, 2.45) is 5.41 Å². The molecule has 3 aliphatic heterocycles. The zero-order chi connectivity index (χ0) is 19.5. The molecular weight excluding hydrogens is 352 g/mol. The number of fused-ring (bicyclic) bond motifs is 2. The molecule has 27 heavy (non-hydrogen) atoms. The molecule has 0 spiro atoms. The average molecular weight is 374 g/mol. The van der Waals surface area contributed by atoms with E-state index in [4.69, 9.17) is 14.2 Å². The Morgan fingerprint density at radius 2 is 1.93 bits per heavy atom. The van der Waals surface area contributed by atoms with E-state index < -0.39 is 29.5 Å². The van der Waals surface area contributed by atoms with Crippen molar-refractivity contribution in [2.75, 3.05) is 21.0 Å². The number of amides is 2. The Hall–Kier alpha value is -2.77. The van der Waals surface area contributed by atoms with Crippen LogP contribution in [0.4, 0.5) is 0 Å². The monoisotopic (exact) mass is 374 g/mol. The van der Waals surface area contributed by atoms with E-state index >= 15 is 0 Å². The number of hydrogen-bond donors (Lipinski definition) is 0. The van der Waals surface area contributed by atoms with Crippen LogP contribution in [0.2, 0.25) is 0 Å². The lowest BCUT2D eigenvalue weighted by Crippen LogP contribution is -2.60. The number of hydrogen-bond acceptors (Lipinski definition) is 6. The largest absolute Gasteiger partial charge is 0.469 e. The zero-order valence-corrected chi connectivity index (χ0v) is 15.7. The highest BCUT2D eigenvalue weighted by Gasteiger charge is 2.61. The minimum Gasteiger partial charge on any atom is -0.469 e. The highest BCUT2D eigenvalue weighted by Crippen LogP contribution is 2.53. The smallest absolute Gasteiger partial charge is 0.314 e. The third kappa shape index (κ3) is 2.32. The molecule has 3 heterocycles. The van der Waals surface area contributed by atoms with Crippen molar-refractivity contribution in [3.8, 4) is 11.5 Å². The van der Waals surface area contributed by atoms with Crippen molar-refractivity contribution >= 4 is 17.8 Å². The number of methoxy groups -OCH3 is 1. The minimum atomic E-state index is -1.05. The third-order valence-corrected chi connectivity index (χ3v) is 6.02. The summed E-state index contributed by atoms with van der Waals surface area (Å²) >= 11 is 0. The summed E-state index contributed by atoms with van der Waals surface area (Å²) in [5, 5.41) is 0. The molecule has 0 aliphatic carbocycles. The molecule has 0 radical (unpaired) electrons. The fourth-order valence-corrected chi connectivity index (χ4v) is 4.43. The quantitative estimate of drug-likeness (QED) is 0.721. The summed E-state index contributed by atoms with van der Waals surface area (Å²) in [4.78, 5) is 41.7. The Bertz CT molecular complexity index is 839. The summed E-state index contributed by atoms with van der Waals surface area (Å²) in [6.45, 7) is 3.57. The van der Waals surface area contributed by atoms with Gasteiger partial charge >= 0.3 is 5.97 Å². The standard InChI is InChI=1S/C19H22N2O6/c1-10-16(22)21-12(17(23)20(10)3)8-19(2,18(24)25-4)15(21)11-5-6-13-14(7-11)27-9-26-13/h5-7,10,12,15H,8-9H2,1-4H3/t10-,12?,15?,19+/m1/s1. The number of nitrogens with zero attached hydrogens (tertiary/aromatic N) is 2. The second kappa shape index (κ2) is 5.87. The minimum absolute atomic E-state index is 0.128. The van der Waals surface area contributed by atoms with Crippen molar-refractivity contribution in [1.29, 1.82) is 0 Å². The Morgan fingerprint density at radius 3 is 2.63 bits per heavy atom. The van der Waals surface area contributed by atoms with E-state index in [1.54, 1.807) is 37.9 Å². The molecule has 8 heteroatoms. The molecule has 4 atom stereocenters. The first-order chi connectivity index (χ1) is 12.8. The molecule has 8 nitrogen and oxygen atoms in total. The van der Waals surface area contributed by atoms with Crippen LogP contribution < -0.4 is 9.47 Å². The molecule has 2 saturated heterocycles. The van der Waals surface area contributed by atoms with E-state index in [-0.39, 0.29) is 25.0 Å². The first kappa shape index (κ1) is 17.6. The molecule has 0 N–H and O–H groups in total. The van der Waals surface area contributed by atoms with Crippen LogP contribution in [-0.4, -0.2) is 60.6 Å². The van der Waals surface area contributed by atoms with E-state index in [2.05, 4.69) is 0 Å². The maximum absolute atomic E-state index is 13.1. The first-order valence-electron chi connectivity index (χ1n) is 8.86. The summed E-state index contributed by atoms with van der Waals surface area (Å²) in [6, 6.07) is 3.43. The number of carbonyl (C=O) groups is 3. The summed E-state index contributed by atoms with van der Waals surface area (Å²) in [5.41, 5.74) is -0.337. The summed E-state index contributed by atoms with van der Waals surface area (Å²) < 4.78 is 15.9. The Kier molecular flexibility index (Phi) is 3.83. The van der Waals surface area contributed by atoms with Crippen LogP contribution in [0.1, 0.15) is 31.9 Å². The van der Waals surface area contributed by atoms with Crippen molar-refractivity contribution < 1.29 is 28.6 Å². The van der Waals surface area contributed by atoms with Gasteiger partial charge in [0.25, 0.3) is 0 Å². The fourth-order valence-electron chi connectivity index (χ4n) is 4.43. The highest BCUT2D eigenvalue weighted by molar-refractivity contribution is 5.99. The fraction of sp³-hybridized carbons (Fsp3) is 0.526. The van der Waals surface area contributed by atoms with Gasteiger partial charge in [0.2, 0.25) is 18.6 Å². The van der Waals surface area contributed by atoms with Crippen molar-refractivity contribution in [3.63, 3.8) is 0 Å². The Morgan fingerprint density at radius 1 is 1.22 bits per heavy atom. The summed E-state index contributed by atoms with van der Waals surface area (Å²) in [6.07, 6.45) is 0.209. The van der Waals surface area contributed by atoms with Crippen LogP contribution in [-0.2, 0) is 19.1 Å². The van der Waals surface area contributed by atoms with Gasteiger partial charge in [-0.1, -0.05) is 6.07 Å². The second-order valence-corrected chi connectivity index (χ2v) is 7.51. The molecule has 2 unspecified atom stereocenters. The van der Waals surface area contributed by atoms with Gasteiger partial charge in [0, 0.05) is 7.05 Å². The number of ether oxygens (including phenoxy) is 3. The van der Waals surface area contributed by atoms with Crippen molar-refractivity contribution in [3.05, 3.63) is 23.8 Å². The predicted molar refractivity (Wildman–Crippen MR) is 92.9 cm³/mol. The number of rotatable bonds is 2. The van der Waals surface area contributed by atoms with E-state index in [1.807, 2.05) is 6.07 Å². The van der Waals surface area contributed by atoms with Crippen molar-refractivity contribution in [2.45, 2.75) is 38.4 Å². The van der Waals surface area contributed by atoms with Gasteiger partial charge in [-0.15, -0.1) is 0 Å². The maximum atomic E-state index is 13.1. The molecule has 144 valence electrons. The van der Waals surface area contributed by atoms with Crippen LogP contribution in [0.5, 0.6) is 11.5 Å². The SMILES string of the molecule is COC(=O)[C@@]1(C)CC2C(=O)N(C)[C@H](C)C(=O)N2C1c1ccc2c(c1)OCO2. The highest BCUT2D eigenvalue weighted by atomic mass is 16.7. The number of esters is 1. The van der Waals surface area contributed by atoms with Gasteiger partial charge in [-0.25, -0.2) is 0 Å². The maximum Gasteiger partial charge on any atom is 0.314 e. The van der Waals surface area contributed by atoms with Gasteiger partial charge in [-0.2, -0.15) is 0 Å². The van der Waals surface area contributed by atoms with E-state index in [0.717, 1.165) is 0 Å². The molecule has 3 aliphatic rings. The number of piperazine rings is 1. The Labute approximate surface area is 157 Å². The molecule has 1 aromatic rings. The van der Waals surface area contributed by atoms with Crippen LogP contribution in [0.3, 0.4) is 0 Å². The van der Waals surface area contributed by atoms with Crippen molar-refractivity contribution in [1.82, 2.24) is 9.80 Å². The van der Waals surface area contributed by atoms with E-state index in [9.17, 15) is 14.4 Å². The van der Waals surface area contributed by atoms with Crippen LogP contribution in [0, 0.1) is 5.41 Å². The average Bonchev–Trinajstić information content (AvgIpc) is 3.26. The second-order valence-electron chi connectivity index (χ2n) is 7.51.